The molecule has 0 amide bonds. The standard InChI is InChI=1S/C8H9ClIN/c1-5(11)7-3-2-6(9)4-8(7)10/h2-5H,11H2,1H3/t5-/m0/s1. The van der Waals surface area contributed by atoms with E-state index in [0.717, 1.165) is 14.2 Å². The van der Waals surface area contributed by atoms with Crippen molar-refractivity contribution in [3.8, 4) is 0 Å². The molecular formula is C8H9ClIN. The van der Waals surface area contributed by atoms with Gasteiger partial charge in [-0.05, 0) is 47.2 Å². The molecule has 0 saturated carbocycles. The highest BCUT2D eigenvalue weighted by atomic mass is 127. The normalized spacial score (nSPS) is 13.1. The van der Waals surface area contributed by atoms with Crippen molar-refractivity contribution in [1.82, 2.24) is 0 Å². The van der Waals surface area contributed by atoms with Gasteiger partial charge in [-0.2, -0.15) is 0 Å². The first-order valence-corrected chi connectivity index (χ1v) is 4.77. The molecule has 0 saturated heterocycles. The number of hydrogen-bond donors (Lipinski definition) is 1. The van der Waals surface area contributed by atoms with E-state index in [0.29, 0.717) is 0 Å². The lowest BCUT2D eigenvalue weighted by Gasteiger charge is -2.07. The third-order valence-electron chi connectivity index (χ3n) is 1.45. The van der Waals surface area contributed by atoms with Gasteiger partial charge in [0.25, 0.3) is 0 Å². The molecule has 0 aromatic heterocycles. The van der Waals surface area contributed by atoms with Crippen LogP contribution < -0.4 is 5.73 Å². The van der Waals surface area contributed by atoms with E-state index in [1.807, 2.05) is 25.1 Å². The molecule has 0 bridgehead atoms. The largest absolute Gasteiger partial charge is 0.324 e. The van der Waals surface area contributed by atoms with Crippen molar-refractivity contribution in [3.63, 3.8) is 0 Å². The fourth-order valence-electron chi connectivity index (χ4n) is 0.871. The highest BCUT2D eigenvalue weighted by molar-refractivity contribution is 14.1. The smallest absolute Gasteiger partial charge is 0.0416 e. The number of halogens is 2. The lowest BCUT2D eigenvalue weighted by Crippen LogP contribution is -2.06. The molecular weight excluding hydrogens is 272 g/mol. The van der Waals surface area contributed by atoms with Crippen molar-refractivity contribution in [1.29, 1.82) is 0 Å². The summed E-state index contributed by atoms with van der Waals surface area (Å²) in [4.78, 5) is 0. The van der Waals surface area contributed by atoms with Gasteiger partial charge in [-0.1, -0.05) is 17.7 Å². The molecule has 11 heavy (non-hydrogen) atoms. The first-order valence-electron chi connectivity index (χ1n) is 3.32. The molecule has 0 aliphatic heterocycles. The second-order valence-electron chi connectivity index (χ2n) is 2.45. The molecule has 0 aliphatic rings. The van der Waals surface area contributed by atoms with Crippen LogP contribution in [0.5, 0.6) is 0 Å². The zero-order chi connectivity index (χ0) is 8.43. The second kappa shape index (κ2) is 3.74. The van der Waals surface area contributed by atoms with Crippen LogP contribution in [0.1, 0.15) is 18.5 Å². The van der Waals surface area contributed by atoms with E-state index < -0.39 is 0 Å². The molecule has 0 fully saturated rings. The van der Waals surface area contributed by atoms with Gasteiger partial charge in [-0.3, -0.25) is 0 Å². The van der Waals surface area contributed by atoms with Crippen LogP contribution in [0.25, 0.3) is 0 Å². The van der Waals surface area contributed by atoms with Crippen LogP contribution in [-0.4, -0.2) is 0 Å². The van der Waals surface area contributed by atoms with Gasteiger partial charge in [-0.25, -0.2) is 0 Å². The summed E-state index contributed by atoms with van der Waals surface area (Å²) in [5, 5.41) is 0.763. The maximum Gasteiger partial charge on any atom is 0.0416 e. The molecule has 1 aromatic rings. The average molecular weight is 282 g/mol. The lowest BCUT2D eigenvalue weighted by atomic mass is 10.1. The van der Waals surface area contributed by atoms with E-state index in [-0.39, 0.29) is 6.04 Å². The molecule has 1 nitrogen and oxygen atoms in total. The van der Waals surface area contributed by atoms with Crippen LogP contribution in [0, 0.1) is 3.57 Å². The Kier molecular flexibility index (Phi) is 3.16. The Morgan fingerprint density at radius 2 is 2.18 bits per heavy atom. The van der Waals surface area contributed by atoms with Gasteiger partial charge in [0, 0.05) is 14.6 Å². The van der Waals surface area contributed by atoms with Crippen LogP contribution >= 0.6 is 34.2 Å². The fourth-order valence-corrected chi connectivity index (χ4v) is 2.23. The van der Waals surface area contributed by atoms with Gasteiger partial charge < -0.3 is 5.73 Å². The molecule has 0 unspecified atom stereocenters. The summed E-state index contributed by atoms with van der Waals surface area (Å²) in [5.74, 6) is 0. The van der Waals surface area contributed by atoms with Crippen LogP contribution in [0.4, 0.5) is 0 Å². The van der Waals surface area contributed by atoms with Gasteiger partial charge >= 0.3 is 0 Å². The molecule has 60 valence electrons. The summed E-state index contributed by atoms with van der Waals surface area (Å²) in [7, 11) is 0. The predicted molar refractivity (Wildman–Crippen MR) is 56.8 cm³/mol. The van der Waals surface area contributed by atoms with Crippen molar-refractivity contribution < 1.29 is 0 Å². The molecule has 1 aromatic carbocycles. The Morgan fingerprint density at radius 3 is 2.64 bits per heavy atom. The Morgan fingerprint density at radius 1 is 1.55 bits per heavy atom. The summed E-state index contributed by atoms with van der Waals surface area (Å²) in [5.41, 5.74) is 6.86. The highest BCUT2D eigenvalue weighted by Gasteiger charge is 2.03. The molecule has 1 atom stereocenters. The van der Waals surface area contributed by atoms with Crippen LogP contribution in [0.3, 0.4) is 0 Å². The first-order chi connectivity index (χ1) is 5.11. The lowest BCUT2D eigenvalue weighted by molar-refractivity contribution is 0.813. The van der Waals surface area contributed by atoms with Crippen molar-refractivity contribution in [2.75, 3.05) is 0 Å². The number of nitrogens with two attached hydrogens (primary N) is 1. The fraction of sp³-hybridized carbons (Fsp3) is 0.250. The van der Waals surface area contributed by atoms with E-state index in [1.54, 1.807) is 0 Å². The van der Waals surface area contributed by atoms with Crippen LogP contribution in [0.2, 0.25) is 5.02 Å². The predicted octanol–water partition coefficient (Wildman–Crippen LogP) is 2.96. The quantitative estimate of drug-likeness (QED) is 0.787. The molecule has 0 heterocycles. The number of rotatable bonds is 1. The minimum atomic E-state index is 0.0826. The molecule has 1 rings (SSSR count). The minimum Gasteiger partial charge on any atom is -0.324 e. The van der Waals surface area contributed by atoms with E-state index >= 15 is 0 Å². The first kappa shape index (κ1) is 9.29. The molecule has 0 aliphatic carbocycles. The van der Waals surface area contributed by atoms with Crippen molar-refractivity contribution in [2.45, 2.75) is 13.0 Å². The van der Waals surface area contributed by atoms with Crippen molar-refractivity contribution >= 4 is 34.2 Å². The van der Waals surface area contributed by atoms with Crippen LogP contribution in [-0.2, 0) is 0 Å². The third-order valence-corrected chi connectivity index (χ3v) is 2.62. The van der Waals surface area contributed by atoms with Crippen LogP contribution in [0.15, 0.2) is 18.2 Å². The van der Waals surface area contributed by atoms with Gasteiger partial charge in [-0.15, -0.1) is 0 Å². The summed E-state index contributed by atoms with van der Waals surface area (Å²) < 4.78 is 1.13. The Balaban J connectivity index is 3.09. The summed E-state index contributed by atoms with van der Waals surface area (Å²) in [6, 6.07) is 5.83. The summed E-state index contributed by atoms with van der Waals surface area (Å²) >= 11 is 8.01. The highest BCUT2D eigenvalue weighted by Crippen LogP contribution is 2.21. The minimum absolute atomic E-state index is 0.0826. The Labute approximate surface area is 85.1 Å². The maximum absolute atomic E-state index is 5.78. The van der Waals surface area contributed by atoms with Gasteiger partial charge in [0.2, 0.25) is 0 Å². The monoisotopic (exact) mass is 281 g/mol. The van der Waals surface area contributed by atoms with E-state index in [2.05, 4.69) is 22.6 Å². The van der Waals surface area contributed by atoms with E-state index in [1.165, 1.54) is 0 Å². The van der Waals surface area contributed by atoms with Crippen molar-refractivity contribution in [3.05, 3.63) is 32.4 Å². The number of benzene rings is 1. The van der Waals surface area contributed by atoms with Gasteiger partial charge in [0.05, 0.1) is 0 Å². The topological polar surface area (TPSA) is 26.0 Å². The Bertz CT molecular complexity index is 260. The summed E-state index contributed by atoms with van der Waals surface area (Å²) in [6.45, 7) is 1.96. The zero-order valence-corrected chi connectivity index (χ0v) is 9.06. The zero-order valence-electron chi connectivity index (χ0n) is 6.14. The van der Waals surface area contributed by atoms with Gasteiger partial charge in [0.1, 0.15) is 0 Å². The third kappa shape index (κ3) is 2.32. The molecule has 3 heteroatoms. The summed E-state index contributed by atoms with van der Waals surface area (Å²) in [6.07, 6.45) is 0. The molecule has 0 radical (unpaired) electrons. The Hall–Kier alpha value is 0.200. The molecule has 2 N–H and O–H groups in total. The number of hydrogen-bond acceptors (Lipinski definition) is 1. The van der Waals surface area contributed by atoms with E-state index in [9.17, 15) is 0 Å². The second-order valence-corrected chi connectivity index (χ2v) is 4.05. The average Bonchev–Trinajstić information content (AvgIpc) is 1.85. The van der Waals surface area contributed by atoms with Crippen molar-refractivity contribution in [2.24, 2.45) is 5.73 Å². The maximum atomic E-state index is 5.78. The SMILES string of the molecule is C[C@H](N)c1ccc(Cl)cc1I. The molecule has 0 spiro atoms. The van der Waals surface area contributed by atoms with Gasteiger partial charge in [0.15, 0.2) is 0 Å². The van der Waals surface area contributed by atoms with E-state index in [4.69, 9.17) is 17.3 Å².